The summed E-state index contributed by atoms with van der Waals surface area (Å²) < 4.78 is 0. The molecule has 0 spiro atoms. The molecule has 0 radical (unpaired) electrons. The van der Waals surface area contributed by atoms with Crippen molar-refractivity contribution in [1.29, 1.82) is 0 Å². The van der Waals surface area contributed by atoms with Gasteiger partial charge in [-0.1, -0.05) is 24.5 Å². The first-order valence-corrected chi connectivity index (χ1v) is 5.28. The van der Waals surface area contributed by atoms with E-state index in [1.54, 1.807) is 6.92 Å². The van der Waals surface area contributed by atoms with E-state index in [9.17, 15) is 4.79 Å². The molecule has 13 heavy (non-hydrogen) atoms. The van der Waals surface area contributed by atoms with Crippen LogP contribution in [0.1, 0.15) is 59.3 Å². The second-order valence-electron chi connectivity index (χ2n) is 3.75. The van der Waals surface area contributed by atoms with Crippen LogP contribution in [0.4, 0.5) is 0 Å². The van der Waals surface area contributed by atoms with E-state index in [2.05, 4.69) is 19.9 Å². The van der Waals surface area contributed by atoms with Gasteiger partial charge in [0.15, 0.2) is 0 Å². The molecular formula is C12H22O. The lowest BCUT2D eigenvalue weighted by Crippen LogP contribution is -1.89. The molecule has 0 amide bonds. The third-order valence-corrected chi connectivity index (χ3v) is 2.34. The molecule has 0 aliphatic heterocycles. The number of hydrogen-bond donors (Lipinski definition) is 0. The lowest BCUT2D eigenvalue weighted by Gasteiger charge is -2.00. The molecule has 0 aromatic rings. The van der Waals surface area contributed by atoms with Gasteiger partial charge in [0.2, 0.25) is 0 Å². The highest BCUT2D eigenvalue weighted by atomic mass is 16.1. The third-order valence-electron chi connectivity index (χ3n) is 2.34. The van der Waals surface area contributed by atoms with E-state index >= 15 is 0 Å². The number of ketones is 1. The molecule has 0 unspecified atom stereocenters. The van der Waals surface area contributed by atoms with E-state index in [0.29, 0.717) is 5.78 Å². The van der Waals surface area contributed by atoms with Gasteiger partial charge in [-0.05, 0) is 40.0 Å². The van der Waals surface area contributed by atoms with Crippen molar-refractivity contribution in [3.63, 3.8) is 0 Å². The highest BCUT2D eigenvalue weighted by molar-refractivity contribution is 5.75. The van der Waals surface area contributed by atoms with E-state index in [1.165, 1.54) is 31.3 Å². The molecule has 0 aliphatic carbocycles. The van der Waals surface area contributed by atoms with Crippen LogP contribution in [0.2, 0.25) is 0 Å². The normalized spacial score (nSPS) is 11.8. The largest absolute Gasteiger partial charge is 0.300 e. The lowest BCUT2D eigenvalue weighted by molar-refractivity contribution is -0.117. The number of Topliss-reactive ketones (excluding diaryl/α,β-unsaturated/α-hetero) is 1. The maximum absolute atomic E-state index is 10.6. The molecule has 0 bridgehead atoms. The zero-order chi connectivity index (χ0) is 10.1. The number of carbonyl (C=O) groups is 1. The Morgan fingerprint density at radius 3 is 2.00 bits per heavy atom. The predicted molar refractivity (Wildman–Crippen MR) is 57.8 cm³/mol. The SMILES string of the molecule is CC=C(C)CCCCCCC(C)=O. The molecule has 0 rings (SSSR count). The van der Waals surface area contributed by atoms with E-state index < -0.39 is 0 Å². The summed E-state index contributed by atoms with van der Waals surface area (Å²) in [5.74, 6) is 0.324. The van der Waals surface area contributed by atoms with Gasteiger partial charge in [-0.3, -0.25) is 0 Å². The van der Waals surface area contributed by atoms with Crippen LogP contribution >= 0.6 is 0 Å². The van der Waals surface area contributed by atoms with Crippen molar-refractivity contribution >= 4 is 5.78 Å². The summed E-state index contributed by atoms with van der Waals surface area (Å²) in [4.78, 5) is 10.6. The molecular weight excluding hydrogens is 160 g/mol. The van der Waals surface area contributed by atoms with Crippen LogP contribution in [-0.2, 0) is 4.79 Å². The lowest BCUT2D eigenvalue weighted by atomic mass is 10.1. The summed E-state index contributed by atoms with van der Waals surface area (Å²) in [6, 6.07) is 0. The Bertz CT molecular complexity index is 168. The van der Waals surface area contributed by atoms with Crippen molar-refractivity contribution in [2.24, 2.45) is 0 Å². The number of hydrogen-bond acceptors (Lipinski definition) is 1. The Balaban J connectivity index is 3.13. The molecule has 0 aliphatic rings. The van der Waals surface area contributed by atoms with E-state index in [0.717, 1.165) is 12.8 Å². The third kappa shape index (κ3) is 9.32. The van der Waals surface area contributed by atoms with Gasteiger partial charge in [0.05, 0.1) is 0 Å². The van der Waals surface area contributed by atoms with Gasteiger partial charge in [0.1, 0.15) is 5.78 Å². The Morgan fingerprint density at radius 2 is 1.54 bits per heavy atom. The van der Waals surface area contributed by atoms with Crippen molar-refractivity contribution in [3.8, 4) is 0 Å². The molecule has 1 nitrogen and oxygen atoms in total. The molecule has 0 atom stereocenters. The summed E-state index contributed by atoms with van der Waals surface area (Å²) >= 11 is 0. The fourth-order valence-electron chi connectivity index (χ4n) is 1.28. The molecule has 76 valence electrons. The van der Waals surface area contributed by atoms with Crippen LogP contribution in [0.25, 0.3) is 0 Å². The van der Waals surface area contributed by atoms with Crippen LogP contribution in [0, 0.1) is 0 Å². The van der Waals surface area contributed by atoms with Crippen LogP contribution in [-0.4, -0.2) is 5.78 Å². The van der Waals surface area contributed by atoms with Gasteiger partial charge in [-0.15, -0.1) is 0 Å². The predicted octanol–water partition coefficient (Wildman–Crippen LogP) is 3.88. The Hall–Kier alpha value is -0.590. The van der Waals surface area contributed by atoms with Crippen LogP contribution in [0.5, 0.6) is 0 Å². The summed E-state index contributed by atoms with van der Waals surface area (Å²) in [5, 5.41) is 0. The van der Waals surface area contributed by atoms with Gasteiger partial charge in [0.25, 0.3) is 0 Å². The van der Waals surface area contributed by atoms with Gasteiger partial charge >= 0.3 is 0 Å². The number of allylic oxidation sites excluding steroid dienone is 2. The molecule has 0 aromatic heterocycles. The standard InChI is InChI=1S/C12H22O/c1-4-11(2)9-7-5-6-8-10-12(3)13/h4H,5-10H2,1-3H3. The number of unbranched alkanes of at least 4 members (excludes halogenated alkanes) is 3. The minimum Gasteiger partial charge on any atom is -0.300 e. The quantitative estimate of drug-likeness (QED) is 0.431. The maximum Gasteiger partial charge on any atom is 0.129 e. The molecule has 0 fully saturated rings. The minimum absolute atomic E-state index is 0.324. The zero-order valence-electron chi connectivity index (χ0n) is 9.23. The van der Waals surface area contributed by atoms with Crippen molar-refractivity contribution in [1.82, 2.24) is 0 Å². The summed E-state index contributed by atoms with van der Waals surface area (Å²) in [6.45, 7) is 5.94. The van der Waals surface area contributed by atoms with E-state index in [1.807, 2.05) is 0 Å². The first-order chi connectivity index (χ1) is 6.16. The van der Waals surface area contributed by atoms with Gasteiger partial charge in [0, 0.05) is 6.42 Å². The Labute approximate surface area is 82.2 Å². The number of carbonyl (C=O) groups excluding carboxylic acids is 1. The van der Waals surface area contributed by atoms with Crippen molar-refractivity contribution < 1.29 is 4.79 Å². The Morgan fingerprint density at radius 1 is 1.00 bits per heavy atom. The van der Waals surface area contributed by atoms with Crippen LogP contribution in [0.3, 0.4) is 0 Å². The maximum atomic E-state index is 10.6. The van der Waals surface area contributed by atoms with Gasteiger partial charge in [-0.25, -0.2) is 0 Å². The highest BCUT2D eigenvalue weighted by Gasteiger charge is 1.94. The van der Waals surface area contributed by atoms with E-state index in [4.69, 9.17) is 0 Å². The molecule has 0 heterocycles. The zero-order valence-corrected chi connectivity index (χ0v) is 9.23. The smallest absolute Gasteiger partial charge is 0.129 e. The highest BCUT2D eigenvalue weighted by Crippen LogP contribution is 2.10. The minimum atomic E-state index is 0.324. The molecule has 0 saturated carbocycles. The monoisotopic (exact) mass is 182 g/mol. The molecule has 1 heteroatoms. The van der Waals surface area contributed by atoms with Crippen molar-refractivity contribution in [3.05, 3.63) is 11.6 Å². The average molecular weight is 182 g/mol. The fourth-order valence-corrected chi connectivity index (χ4v) is 1.28. The average Bonchev–Trinajstić information content (AvgIpc) is 2.10. The second-order valence-corrected chi connectivity index (χ2v) is 3.75. The summed E-state index contributed by atoms with van der Waals surface area (Å²) in [5.41, 5.74) is 1.48. The molecule has 0 saturated heterocycles. The molecule has 0 N–H and O–H groups in total. The van der Waals surface area contributed by atoms with Crippen LogP contribution in [0.15, 0.2) is 11.6 Å². The number of rotatable bonds is 7. The first-order valence-electron chi connectivity index (χ1n) is 5.28. The van der Waals surface area contributed by atoms with Gasteiger partial charge < -0.3 is 4.79 Å². The van der Waals surface area contributed by atoms with Crippen LogP contribution < -0.4 is 0 Å². The van der Waals surface area contributed by atoms with E-state index in [-0.39, 0.29) is 0 Å². The summed E-state index contributed by atoms with van der Waals surface area (Å²) in [7, 11) is 0. The molecule has 0 aromatic carbocycles. The summed E-state index contributed by atoms with van der Waals surface area (Å²) in [6.07, 6.45) is 8.97. The topological polar surface area (TPSA) is 17.1 Å². The fraction of sp³-hybridized carbons (Fsp3) is 0.750. The second kappa shape index (κ2) is 8.03. The first kappa shape index (κ1) is 12.4. The van der Waals surface area contributed by atoms with Crippen molar-refractivity contribution in [2.75, 3.05) is 0 Å². The Kier molecular flexibility index (Phi) is 7.66. The van der Waals surface area contributed by atoms with Gasteiger partial charge in [-0.2, -0.15) is 0 Å². The van der Waals surface area contributed by atoms with Crippen molar-refractivity contribution in [2.45, 2.75) is 59.3 Å².